The first-order valence-corrected chi connectivity index (χ1v) is 12.8. The maximum atomic E-state index is 9.91. The van der Waals surface area contributed by atoms with Gasteiger partial charge < -0.3 is 27.2 Å². The Labute approximate surface area is 216 Å². The molecule has 3 heterocycles. The summed E-state index contributed by atoms with van der Waals surface area (Å²) in [4.78, 5) is 4.78. The minimum absolute atomic E-state index is 0.0199. The third-order valence-corrected chi connectivity index (χ3v) is 8.39. The third kappa shape index (κ3) is 3.79. The Balaban J connectivity index is 1.48. The maximum absolute atomic E-state index is 9.91. The van der Waals surface area contributed by atoms with Crippen molar-refractivity contribution < 1.29 is 5.11 Å². The van der Waals surface area contributed by atoms with Crippen molar-refractivity contribution in [3.63, 3.8) is 0 Å². The number of rotatable bonds is 6. The van der Waals surface area contributed by atoms with Crippen LogP contribution in [0, 0.1) is 0 Å². The number of benzene rings is 2. The van der Waals surface area contributed by atoms with Crippen LogP contribution in [0.4, 0.5) is 17.1 Å². The Morgan fingerprint density at radius 3 is 2.76 bits per heavy atom. The molecule has 3 unspecified atom stereocenters. The Morgan fingerprint density at radius 2 is 2.05 bits per heavy atom. The van der Waals surface area contributed by atoms with Gasteiger partial charge in [-0.1, -0.05) is 19.1 Å². The van der Waals surface area contributed by atoms with E-state index in [4.69, 9.17) is 21.6 Å². The molecule has 1 saturated heterocycles. The van der Waals surface area contributed by atoms with Crippen LogP contribution in [0.3, 0.4) is 0 Å². The number of hydrogen-bond donors (Lipinski definition) is 5. The van der Waals surface area contributed by atoms with Crippen LogP contribution in [0.15, 0.2) is 65.9 Å². The Kier molecular flexibility index (Phi) is 5.21. The number of aromatic hydroxyl groups is 1. The normalized spacial score (nSPS) is 24.8. The SMILES string of the molecule is CCc1cc(O)ccc1N=C(N)c1cnn2cc(-c3cccc(N)c3)cc2c1NC1CCC2(C)NC12C. The molecule has 1 aliphatic heterocycles. The molecule has 8 heteroatoms. The highest BCUT2D eigenvalue weighted by molar-refractivity contribution is 6.06. The summed E-state index contributed by atoms with van der Waals surface area (Å²) in [6.45, 7) is 6.61. The van der Waals surface area contributed by atoms with Gasteiger partial charge in [-0.15, -0.1) is 0 Å². The number of anilines is 2. The third-order valence-electron chi connectivity index (χ3n) is 8.39. The number of phenolic OH excluding ortho intramolecular Hbond substituents is 1. The zero-order valence-corrected chi connectivity index (χ0v) is 21.4. The van der Waals surface area contributed by atoms with E-state index in [0.717, 1.165) is 64.1 Å². The molecule has 190 valence electrons. The molecule has 0 spiro atoms. The van der Waals surface area contributed by atoms with Gasteiger partial charge in [-0.05, 0) is 80.6 Å². The van der Waals surface area contributed by atoms with E-state index >= 15 is 0 Å². The summed E-state index contributed by atoms with van der Waals surface area (Å²) in [7, 11) is 0. The van der Waals surface area contributed by atoms with Crippen LogP contribution in [0.1, 0.15) is 44.7 Å². The second-order valence-corrected chi connectivity index (χ2v) is 10.7. The number of aryl methyl sites for hydroxylation is 1. The Morgan fingerprint density at radius 1 is 1.22 bits per heavy atom. The first kappa shape index (κ1) is 23.4. The van der Waals surface area contributed by atoms with Crippen molar-refractivity contribution in [1.82, 2.24) is 14.9 Å². The Bertz CT molecular complexity index is 1550. The van der Waals surface area contributed by atoms with Crippen LogP contribution < -0.4 is 22.1 Å². The molecule has 3 atom stereocenters. The number of fused-ring (bicyclic) bond motifs is 2. The molecule has 2 aromatic carbocycles. The first-order valence-electron chi connectivity index (χ1n) is 12.8. The molecule has 0 bridgehead atoms. The number of nitrogens with two attached hydrogens (primary N) is 2. The molecule has 1 saturated carbocycles. The molecular weight excluding hydrogens is 462 g/mol. The minimum atomic E-state index is 0.0199. The van der Waals surface area contributed by atoms with Gasteiger partial charge >= 0.3 is 0 Å². The highest BCUT2D eigenvalue weighted by Crippen LogP contribution is 2.52. The maximum Gasteiger partial charge on any atom is 0.135 e. The molecule has 2 fully saturated rings. The largest absolute Gasteiger partial charge is 0.508 e. The molecule has 37 heavy (non-hydrogen) atoms. The molecule has 7 N–H and O–H groups in total. The molecule has 6 rings (SSSR count). The Hall–Kier alpha value is -4.04. The number of aliphatic imine (C=N–C) groups is 1. The average molecular weight is 496 g/mol. The van der Waals surface area contributed by atoms with E-state index in [1.165, 1.54) is 0 Å². The van der Waals surface area contributed by atoms with Crippen molar-refractivity contribution in [1.29, 1.82) is 0 Å². The second-order valence-electron chi connectivity index (χ2n) is 10.7. The fraction of sp³-hybridized carbons (Fsp3) is 0.310. The van der Waals surface area contributed by atoms with Gasteiger partial charge in [0.25, 0.3) is 0 Å². The van der Waals surface area contributed by atoms with Crippen molar-refractivity contribution in [2.24, 2.45) is 10.7 Å². The molecule has 0 radical (unpaired) electrons. The number of amidine groups is 1. The lowest BCUT2D eigenvalue weighted by Crippen LogP contribution is -2.36. The van der Waals surface area contributed by atoms with Crippen molar-refractivity contribution in [2.45, 2.75) is 57.2 Å². The van der Waals surface area contributed by atoms with Gasteiger partial charge in [0.1, 0.15) is 11.6 Å². The van der Waals surface area contributed by atoms with Crippen molar-refractivity contribution >= 4 is 28.4 Å². The smallest absolute Gasteiger partial charge is 0.135 e. The van der Waals surface area contributed by atoms with Crippen LogP contribution in [0.25, 0.3) is 16.6 Å². The molecule has 2 aliphatic rings. The van der Waals surface area contributed by atoms with Gasteiger partial charge in [-0.2, -0.15) is 5.10 Å². The van der Waals surface area contributed by atoms with Crippen molar-refractivity contribution in [3.05, 3.63) is 72.1 Å². The van der Waals surface area contributed by atoms with Crippen molar-refractivity contribution in [2.75, 3.05) is 11.1 Å². The summed E-state index contributed by atoms with van der Waals surface area (Å²) in [6, 6.07) is 15.4. The van der Waals surface area contributed by atoms with Gasteiger partial charge in [0.05, 0.1) is 34.2 Å². The van der Waals surface area contributed by atoms with Crippen molar-refractivity contribution in [3.8, 4) is 16.9 Å². The predicted octanol–water partition coefficient (Wildman–Crippen LogP) is 4.58. The predicted molar refractivity (Wildman–Crippen MR) is 149 cm³/mol. The molecule has 1 aliphatic carbocycles. The highest BCUT2D eigenvalue weighted by atomic mass is 16.3. The van der Waals surface area contributed by atoms with E-state index in [0.29, 0.717) is 5.84 Å². The van der Waals surface area contributed by atoms with E-state index in [9.17, 15) is 5.11 Å². The fourth-order valence-corrected chi connectivity index (χ4v) is 5.88. The lowest BCUT2D eigenvalue weighted by molar-refractivity contribution is 0.474. The zero-order chi connectivity index (χ0) is 25.9. The number of hydrogen-bond acceptors (Lipinski definition) is 6. The molecule has 4 aromatic rings. The van der Waals surface area contributed by atoms with Crippen LogP contribution in [-0.2, 0) is 6.42 Å². The van der Waals surface area contributed by atoms with Gasteiger partial charge in [0.15, 0.2) is 0 Å². The number of nitrogens with zero attached hydrogens (tertiary/aromatic N) is 3. The van der Waals surface area contributed by atoms with E-state index < -0.39 is 0 Å². The summed E-state index contributed by atoms with van der Waals surface area (Å²) in [5.41, 5.74) is 19.9. The summed E-state index contributed by atoms with van der Waals surface area (Å²) >= 11 is 0. The lowest BCUT2D eigenvalue weighted by atomic mass is 9.97. The molecule has 0 amide bonds. The highest BCUT2D eigenvalue weighted by Gasteiger charge is 2.68. The molecular formula is C29H33N7O. The topological polar surface area (TPSA) is 136 Å². The summed E-state index contributed by atoms with van der Waals surface area (Å²) in [5.74, 6) is 0.593. The van der Waals surface area contributed by atoms with Gasteiger partial charge in [-0.25, -0.2) is 9.51 Å². The van der Waals surface area contributed by atoms with Gasteiger partial charge in [-0.3, -0.25) is 0 Å². The fourth-order valence-electron chi connectivity index (χ4n) is 5.88. The number of piperidine rings is 1. The first-order chi connectivity index (χ1) is 17.7. The quantitative estimate of drug-likeness (QED) is 0.115. The van der Waals surface area contributed by atoms with E-state index in [2.05, 4.69) is 30.5 Å². The van der Waals surface area contributed by atoms with Crippen LogP contribution in [0.2, 0.25) is 0 Å². The summed E-state index contributed by atoms with van der Waals surface area (Å²) < 4.78 is 1.88. The van der Waals surface area contributed by atoms with E-state index in [1.54, 1.807) is 24.4 Å². The zero-order valence-electron chi connectivity index (χ0n) is 21.4. The number of aromatic nitrogens is 2. The van der Waals surface area contributed by atoms with Gasteiger partial charge in [0, 0.05) is 29.0 Å². The van der Waals surface area contributed by atoms with E-state index in [1.807, 2.05) is 41.9 Å². The molecule has 8 nitrogen and oxygen atoms in total. The lowest BCUT2D eigenvalue weighted by Gasteiger charge is -2.23. The molecule has 2 aromatic heterocycles. The van der Waals surface area contributed by atoms with E-state index in [-0.39, 0.29) is 22.9 Å². The number of phenols is 1. The van der Waals surface area contributed by atoms with Crippen LogP contribution >= 0.6 is 0 Å². The second kappa shape index (κ2) is 8.24. The summed E-state index contributed by atoms with van der Waals surface area (Å²) in [6.07, 6.45) is 6.70. The standard InChI is InChI=1S/C29H33N7O/c1-4-17-13-21(37)8-9-23(17)33-27(31)22-15-32-36-16-19(18-6-5-7-20(30)12-18)14-24(36)26(22)34-25-10-11-28(2)29(25,3)35-28/h5-9,12-16,25,34-35,37H,4,10-11,30H2,1-3H3,(H2,31,33). The monoisotopic (exact) mass is 495 g/mol. The van der Waals surface area contributed by atoms with Gasteiger partial charge in [0.2, 0.25) is 0 Å². The summed E-state index contributed by atoms with van der Waals surface area (Å²) in [5, 5.41) is 22.1. The number of nitrogen functional groups attached to an aromatic ring is 1. The van der Waals surface area contributed by atoms with Crippen LogP contribution in [-0.4, -0.2) is 37.7 Å². The number of nitrogens with one attached hydrogen (secondary N) is 2. The average Bonchev–Trinajstić information content (AvgIpc) is 3.14. The van der Waals surface area contributed by atoms with Crippen LogP contribution in [0.5, 0.6) is 5.75 Å². The minimum Gasteiger partial charge on any atom is -0.508 e.